The van der Waals surface area contributed by atoms with Crippen LogP contribution in [0.3, 0.4) is 0 Å². The Morgan fingerprint density at radius 2 is 1.65 bits per heavy atom. The molecule has 0 radical (unpaired) electrons. The first-order valence-corrected chi connectivity index (χ1v) is 8.40. The van der Waals surface area contributed by atoms with E-state index in [-0.39, 0.29) is 12.1 Å². The summed E-state index contributed by atoms with van der Waals surface area (Å²) in [6, 6.07) is 14.2. The molecule has 8 heteroatoms. The van der Waals surface area contributed by atoms with Gasteiger partial charge in [-0.25, -0.2) is 10.9 Å². The van der Waals surface area contributed by atoms with E-state index in [1.165, 1.54) is 0 Å². The number of rotatable bonds is 7. The molecule has 1 amide bonds. The molecular formula is C18H23N5O3. The van der Waals surface area contributed by atoms with Gasteiger partial charge in [0.2, 0.25) is 5.91 Å². The lowest BCUT2D eigenvalue weighted by molar-refractivity contribution is -0.118. The number of carbonyl (C=O) groups excluding carboxylic acids is 1. The van der Waals surface area contributed by atoms with Gasteiger partial charge in [-0.15, -0.1) is 0 Å². The molecule has 0 aliphatic carbocycles. The van der Waals surface area contributed by atoms with Gasteiger partial charge in [0.15, 0.2) is 0 Å². The third kappa shape index (κ3) is 4.42. The summed E-state index contributed by atoms with van der Waals surface area (Å²) in [6.45, 7) is 2.53. The number of hydrazine groups is 2. The number of hydrogen-bond donors (Lipinski definition) is 5. The lowest BCUT2D eigenvalue weighted by Crippen LogP contribution is -2.47. The summed E-state index contributed by atoms with van der Waals surface area (Å²) >= 11 is 0. The molecule has 1 fully saturated rings. The number of benzene rings is 2. The van der Waals surface area contributed by atoms with Crippen molar-refractivity contribution >= 4 is 17.3 Å². The van der Waals surface area contributed by atoms with Crippen LogP contribution in [-0.2, 0) is 4.79 Å². The molecule has 2 aromatic rings. The van der Waals surface area contributed by atoms with Crippen LogP contribution in [0.5, 0.6) is 11.5 Å². The number of amides is 1. The van der Waals surface area contributed by atoms with E-state index in [2.05, 4.69) is 27.0 Å². The Labute approximate surface area is 152 Å². The van der Waals surface area contributed by atoms with Crippen LogP contribution in [-0.4, -0.2) is 31.8 Å². The average Bonchev–Trinajstić information content (AvgIpc) is 3.12. The van der Waals surface area contributed by atoms with E-state index in [0.29, 0.717) is 12.3 Å². The highest BCUT2D eigenvalue weighted by molar-refractivity contribution is 5.95. The van der Waals surface area contributed by atoms with Crippen LogP contribution in [0.4, 0.5) is 11.4 Å². The van der Waals surface area contributed by atoms with E-state index in [4.69, 9.17) is 9.47 Å². The fourth-order valence-electron chi connectivity index (χ4n) is 2.59. The van der Waals surface area contributed by atoms with Crippen molar-refractivity contribution in [2.24, 2.45) is 0 Å². The van der Waals surface area contributed by atoms with Gasteiger partial charge in [0.05, 0.1) is 13.7 Å². The maximum absolute atomic E-state index is 12.6. The second-order valence-electron chi connectivity index (χ2n) is 5.69. The lowest BCUT2D eigenvalue weighted by Gasteiger charge is -2.20. The SMILES string of the molecule is CCOc1ccc(NC(=O)C2NNNC2Nc2ccc(OC)cc2)cc1. The predicted molar refractivity (Wildman–Crippen MR) is 99.8 cm³/mol. The van der Waals surface area contributed by atoms with E-state index in [9.17, 15) is 4.79 Å². The molecule has 0 bridgehead atoms. The van der Waals surface area contributed by atoms with E-state index in [1.54, 1.807) is 7.11 Å². The molecule has 0 saturated carbocycles. The van der Waals surface area contributed by atoms with Crippen LogP contribution in [0.1, 0.15) is 6.92 Å². The molecule has 0 spiro atoms. The third-order valence-electron chi connectivity index (χ3n) is 3.92. The third-order valence-corrected chi connectivity index (χ3v) is 3.92. The Bertz CT molecular complexity index is 721. The number of hydrogen-bond acceptors (Lipinski definition) is 7. The minimum atomic E-state index is -0.510. The summed E-state index contributed by atoms with van der Waals surface area (Å²) in [5.74, 6) is 1.38. The van der Waals surface area contributed by atoms with E-state index < -0.39 is 6.04 Å². The second-order valence-corrected chi connectivity index (χ2v) is 5.69. The van der Waals surface area contributed by atoms with Crippen LogP contribution >= 0.6 is 0 Å². The fraction of sp³-hybridized carbons (Fsp3) is 0.278. The average molecular weight is 357 g/mol. The van der Waals surface area contributed by atoms with Crippen molar-refractivity contribution in [2.45, 2.75) is 19.1 Å². The minimum absolute atomic E-state index is 0.169. The molecule has 3 rings (SSSR count). The first-order valence-electron chi connectivity index (χ1n) is 8.40. The normalized spacial score (nSPS) is 19.0. The Hall–Kier alpha value is -2.81. The number of ether oxygens (including phenoxy) is 2. The zero-order valence-corrected chi connectivity index (χ0v) is 14.7. The standard InChI is InChI=1S/C18H23N5O3/c1-3-26-15-10-6-13(7-11-15)20-18(24)16-17(22-23-21-16)19-12-4-8-14(25-2)9-5-12/h4-11,16-17,19,21-23H,3H2,1-2H3,(H,20,24). The van der Waals surface area contributed by atoms with Crippen LogP contribution < -0.4 is 36.5 Å². The van der Waals surface area contributed by atoms with Crippen LogP contribution in [0, 0.1) is 0 Å². The van der Waals surface area contributed by atoms with Crippen LogP contribution in [0.2, 0.25) is 0 Å². The number of nitrogens with one attached hydrogen (secondary N) is 5. The molecule has 2 unspecified atom stereocenters. The molecule has 2 aromatic carbocycles. The predicted octanol–water partition coefficient (Wildman–Crippen LogP) is 1.45. The van der Waals surface area contributed by atoms with Gasteiger partial charge in [0, 0.05) is 11.4 Å². The van der Waals surface area contributed by atoms with Gasteiger partial charge < -0.3 is 20.1 Å². The van der Waals surface area contributed by atoms with Crippen molar-refractivity contribution in [3.63, 3.8) is 0 Å². The Balaban J connectivity index is 1.60. The molecule has 1 saturated heterocycles. The maximum atomic E-state index is 12.6. The maximum Gasteiger partial charge on any atom is 0.246 e. The zero-order valence-electron chi connectivity index (χ0n) is 14.7. The molecule has 138 valence electrons. The summed E-state index contributed by atoms with van der Waals surface area (Å²) in [6.07, 6.45) is -0.328. The van der Waals surface area contributed by atoms with Crippen molar-refractivity contribution in [3.05, 3.63) is 48.5 Å². The van der Waals surface area contributed by atoms with E-state index in [1.807, 2.05) is 55.5 Å². The molecule has 26 heavy (non-hydrogen) atoms. The molecule has 1 aliphatic rings. The Kier molecular flexibility index (Phi) is 5.90. The van der Waals surface area contributed by atoms with Gasteiger partial charge >= 0.3 is 0 Å². The first-order chi connectivity index (χ1) is 12.7. The Morgan fingerprint density at radius 3 is 2.31 bits per heavy atom. The summed E-state index contributed by atoms with van der Waals surface area (Å²) < 4.78 is 10.5. The van der Waals surface area contributed by atoms with Gasteiger partial charge in [-0.1, -0.05) is 0 Å². The largest absolute Gasteiger partial charge is 0.497 e. The highest BCUT2D eigenvalue weighted by Gasteiger charge is 2.32. The molecule has 8 nitrogen and oxygen atoms in total. The van der Waals surface area contributed by atoms with Gasteiger partial charge in [0.1, 0.15) is 23.7 Å². The van der Waals surface area contributed by atoms with E-state index >= 15 is 0 Å². The van der Waals surface area contributed by atoms with Crippen molar-refractivity contribution in [1.82, 2.24) is 16.4 Å². The number of carbonyl (C=O) groups is 1. The highest BCUT2D eigenvalue weighted by Crippen LogP contribution is 2.18. The molecule has 1 heterocycles. The van der Waals surface area contributed by atoms with Crippen molar-refractivity contribution in [2.75, 3.05) is 24.4 Å². The summed E-state index contributed by atoms with van der Waals surface area (Å²) in [4.78, 5) is 12.6. The zero-order chi connectivity index (χ0) is 18.4. The van der Waals surface area contributed by atoms with Gasteiger partial charge in [-0.05, 0) is 55.5 Å². The first kappa shape index (κ1) is 18.0. The smallest absolute Gasteiger partial charge is 0.246 e. The van der Waals surface area contributed by atoms with Gasteiger partial charge in [0.25, 0.3) is 0 Å². The molecule has 1 aliphatic heterocycles. The van der Waals surface area contributed by atoms with Crippen molar-refractivity contribution in [3.8, 4) is 11.5 Å². The quantitative estimate of drug-likeness (QED) is 0.512. The second kappa shape index (κ2) is 8.52. The summed E-state index contributed by atoms with van der Waals surface area (Å²) in [5.41, 5.74) is 10.3. The topological polar surface area (TPSA) is 95.7 Å². The van der Waals surface area contributed by atoms with Crippen molar-refractivity contribution in [1.29, 1.82) is 0 Å². The van der Waals surface area contributed by atoms with Crippen LogP contribution in [0.25, 0.3) is 0 Å². The number of anilines is 2. The monoisotopic (exact) mass is 357 g/mol. The van der Waals surface area contributed by atoms with Gasteiger partial charge in [-0.2, -0.15) is 5.53 Å². The fourth-order valence-corrected chi connectivity index (χ4v) is 2.59. The molecule has 5 N–H and O–H groups in total. The Morgan fingerprint density at radius 1 is 1.00 bits per heavy atom. The highest BCUT2D eigenvalue weighted by atomic mass is 16.5. The summed E-state index contributed by atoms with van der Waals surface area (Å²) in [5, 5.41) is 6.15. The minimum Gasteiger partial charge on any atom is -0.497 e. The van der Waals surface area contributed by atoms with Crippen LogP contribution in [0.15, 0.2) is 48.5 Å². The number of methoxy groups -OCH3 is 1. The molecule has 0 aromatic heterocycles. The van der Waals surface area contributed by atoms with Gasteiger partial charge in [-0.3, -0.25) is 4.79 Å². The summed E-state index contributed by atoms with van der Waals surface area (Å²) in [7, 11) is 1.62. The lowest BCUT2D eigenvalue weighted by atomic mass is 10.2. The van der Waals surface area contributed by atoms with E-state index in [0.717, 1.165) is 17.2 Å². The molecular weight excluding hydrogens is 334 g/mol. The molecule has 2 atom stereocenters. The van der Waals surface area contributed by atoms with Crippen molar-refractivity contribution < 1.29 is 14.3 Å².